The van der Waals surface area contributed by atoms with Gasteiger partial charge in [0.25, 0.3) is 0 Å². The predicted octanol–water partition coefficient (Wildman–Crippen LogP) is 6.26. The van der Waals surface area contributed by atoms with Crippen LogP contribution in [0.4, 0.5) is 10.1 Å². The molecular weight excluding hydrogens is 487 g/mol. The maximum absolute atomic E-state index is 14.0. The Morgan fingerprint density at radius 3 is 2.62 bits per heavy atom. The summed E-state index contributed by atoms with van der Waals surface area (Å²) in [4.78, 5) is 6.73. The standard InChI is InChI=1S/C25H20BrFN4S/c1-16-14-19(10-11-20(16)26)31-24(23(29-25(31)32)21-8-2-3-12-28-21)22-9-5-13-30(22)18-7-4-6-17(27)15-18/h2-15,23-24H,1H3,(H,29,32)/t23-,24-/m0/s1. The van der Waals surface area contributed by atoms with Crippen LogP contribution in [-0.4, -0.2) is 14.7 Å². The summed E-state index contributed by atoms with van der Waals surface area (Å²) in [5.74, 6) is -0.274. The van der Waals surface area contributed by atoms with Crippen LogP contribution in [-0.2, 0) is 0 Å². The topological polar surface area (TPSA) is 33.1 Å². The third kappa shape index (κ3) is 3.72. The largest absolute Gasteiger partial charge is 0.351 e. The zero-order valence-corrected chi connectivity index (χ0v) is 19.6. The summed E-state index contributed by atoms with van der Waals surface area (Å²) in [7, 11) is 0. The molecule has 1 N–H and O–H groups in total. The molecule has 1 aliphatic heterocycles. The van der Waals surface area contributed by atoms with Gasteiger partial charge < -0.3 is 14.8 Å². The molecule has 2 aromatic carbocycles. The molecule has 7 heteroatoms. The minimum atomic E-state index is -0.274. The molecule has 0 aliphatic carbocycles. The van der Waals surface area contributed by atoms with E-state index in [9.17, 15) is 4.39 Å². The first-order valence-electron chi connectivity index (χ1n) is 10.2. The second-order valence-corrected chi connectivity index (χ2v) is 8.95. The Hall–Kier alpha value is -3.03. The van der Waals surface area contributed by atoms with Gasteiger partial charge in [-0.25, -0.2) is 4.39 Å². The van der Waals surface area contributed by atoms with Gasteiger partial charge in [-0.1, -0.05) is 28.1 Å². The number of nitrogens with one attached hydrogen (secondary N) is 1. The van der Waals surface area contributed by atoms with E-state index >= 15 is 0 Å². The van der Waals surface area contributed by atoms with E-state index in [-0.39, 0.29) is 17.9 Å². The molecule has 1 saturated heterocycles. The Bertz CT molecular complexity index is 1290. The van der Waals surface area contributed by atoms with Crippen molar-refractivity contribution in [3.63, 3.8) is 0 Å². The van der Waals surface area contributed by atoms with Crippen molar-refractivity contribution in [3.8, 4) is 5.69 Å². The van der Waals surface area contributed by atoms with Gasteiger partial charge >= 0.3 is 0 Å². The van der Waals surface area contributed by atoms with Crippen LogP contribution in [0.25, 0.3) is 5.69 Å². The number of benzene rings is 2. The number of aryl methyl sites for hydroxylation is 1. The maximum Gasteiger partial charge on any atom is 0.174 e. The number of hydrogen-bond donors (Lipinski definition) is 1. The summed E-state index contributed by atoms with van der Waals surface area (Å²) in [6, 6.07) is 22.3. The second kappa shape index (κ2) is 8.48. The quantitative estimate of drug-likeness (QED) is 0.331. The predicted molar refractivity (Wildman–Crippen MR) is 133 cm³/mol. The zero-order chi connectivity index (χ0) is 22.2. The third-order valence-corrected chi connectivity index (χ3v) is 6.89. The summed E-state index contributed by atoms with van der Waals surface area (Å²) in [6.45, 7) is 2.06. The van der Waals surface area contributed by atoms with Crippen molar-refractivity contribution in [1.29, 1.82) is 0 Å². The summed E-state index contributed by atoms with van der Waals surface area (Å²) >= 11 is 9.40. The molecule has 0 spiro atoms. The lowest BCUT2D eigenvalue weighted by molar-refractivity contribution is 0.548. The van der Waals surface area contributed by atoms with Crippen LogP contribution in [0.15, 0.2) is 89.7 Å². The molecule has 2 aromatic heterocycles. The van der Waals surface area contributed by atoms with E-state index in [2.05, 4.69) is 50.2 Å². The third-order valence-electron chi connectivity index (χ3n) is 5.69. The molecule has 4 nitrogen and oxygen atoms in total. The van der Waals surface area contributed by atoms with Crippen LogP contribution in [0.5, 0.6) is 0 Å². The molecular formula is C25H20BrFN4S. The van der Waals surface area contributed by atoms with E-state index in [0.29, 0.717) is 5.11 Å². The van der Waals surface area contributed by atoms with Gasteiger partial charge in [0, 0.05) is 33.9 Å². The van der Waals surface area contributed by atoms with Crippen LogP contribution < -0.4 is 10.2 Å². The van der Waals surface area contributed by atoms with Gasteiger partial charge in [-0.3, -0.25) is 4.98 Å². The van der Waals surface area contributed by atoms with Crippen molar-refractivity contribution in [2.75, 3.05) is 4.90 Å². The summed E-state index contributed by atoms with van der Waals surface area (Å²) < 4.78 is 17.1. The number of pyridine rings is 1. The zero-order valence-electron chi connectivity index (χ0n) is 17.2. The first-order chi connectivity index (χ1) is 15.5. The molecule has 0 bridgehead atoms. The lowest BCUT2D eigenvalue weighted by atomic mass is 10.0. The Morgan fingerprint density at radius 2 is 1.88 bits per heavy atom. The summed E-state index contributed by atoms with van der Waals surface area (Å²) in [6.07, 6.45) is 3.74. The highest BCUT2D eigenvalue weighted by molar-refractivity contribution is 9.10. The van der Waals surface area contributed by atoms with Crippen LogP contribution in [0.3, 0.4) is 0 Å². The van der Waals surface area contributed by atoms with E-state index in [1.165, 1.54) is 12.1 Å². The van der Waals surface area contributed by atoms with E-state index in [0.717, 1.165) is 32.8 Å². The van der Waals surface area contributed by atoms with E-state index in [4.69, 9.17) is 12.2 Å². The summed E-state index contributed by atoms with van der Waals surface area (Å²) in [5, 5.41) is 4.10. The Labute approximate surface area is 199 Å². The fourth-order valence-corrected chi connectivity index (χ4v) is 4.80. The summed E-state index contributed by atoms with van der Waals surface area (Å²) in [5.41, 5.74) is 4.74. The van der Waals surface area contributed by atoms with Crippen molar-refractivity contribution >= 4 is 38.9 Å². The molecule has 0 unspecified atom stereocenters. The molecule has 1 fully saturated rings. The Balaban J connectivity index is 1.68. The minimum absolute atomic E-state index is 0.171. The van der Waals surface area contributed by atoms with E-state index in [1.54, 1.807) is 12.3 Å². The molecule has 0 radical (unpaired) electrons. The van der Waals surface area contributed by atoms with E-state index < -0.39 is 0 Å². The number of aromatic nitrogens is 2. The monoisotopic (exact) mass is 506 g/mol. The van der Waals surface area contributed by atoms with Crippen LogP contribution in [0.2, 0.25) is 0 Å². The number of halogens is 2. The number of anilines is 1. The molecule has 0 saturated carbocycles. The molecule has 1 aliphatic rings. The minimum Gasteiger partial charge on any atom is -0.351 e. The van der Waals surface area contributed by atoms with Gasteiger partial charge in [-0.05, 0) is 85.4 Å². The average molecular weight is 507 g/mol. The van der Waals surface area contributed by atoms with Crippen LogP contribution in [0, 0.1) is 12.7 Å². The van der Waals surface area contributed by atoms with Gasteiger partial charge in [0.05, 0.1) is 11.7 Å². The highest BCUT2D eigenvalue weighted by atomic mass is 79.9. The number of thiocarbonyl (C=S) groups is 1. The fraction of sp³-hybridized carbons (Fsp3) is 0.120. The fourth-order valence-electron chi connectivity index (χ4n) is 4.21. The molecule has 160 valence electrons. The lowest BCUT2D eigenvalue weighted by Crippen LogP contribution is -2.30. The number of hydrogen-bond acceptors (Lipinski definition) is 2. The van der Waals surface area contributed by atoms with Crippen molar-refractivity contribution < 1.29 is 4.39 Å². The van der Waals surface area contributed by atoms with Crippen molar-refractivity contribution in [2.24, 2.45) is 0 Å². The van der Waals surface area contributed by atoms with Gasteiger partial charge in [0.1, 0.15) is 11.9 Å². The molecule has 5 rings (SSSR count). The average Bonchev–Trinajstić information content (AvgIpc) is 3.40. The maximum atomic E-state index is 14.0. The first kappa shape index (κ1) is 20.8. The lowest BCUT2D eigenvalue weighted by Gasteiger charge is -2.29. The van der Waals surface area contributed by atoms with Crippen LogP contribution >= 0.6 is 28.1 Å². The highest BCUT2D eigenvalue weighted by Gasteiger charge is 2.42. The highest BCUT2D eigenvalue weighted by Crippen LogP contribution is 2.42. The first-order valence-corrected chi connectivity index (χ1v) is 11.4. The SMILES string of the molecule is Cc1cc(N2C(=S)N[C@@H](c3ccccn3)[C@@H]2c2cccn2-c2cccc(F)c2)ccc1Br. The molecule has 0 amide bonds. The van der Waals surface area contributed by atoms with Crippen molar-refractivity contribution in [1.82, 2.24) is 14.9 Å². The molecule has 32 heavy (non-hydrogen) atoms. The smallest absolute Gasteiger partial charge is 0.174 e. The van der Waals surface area contributed by atoms with Gasteiger partial charge in [0.15, 0.2) is 5.11 Å². The van der Waals surface area contributed by atoms with Gasteiger partial charge in [0.2, 0.25) is 0 Å². The Kier molecular flexibility index (Phi) is 5.53. The second-order valence-electron chi connectivity index (χ2n) is 7.71. The number of nitrogens with zero attached hydrogens (tertiary/aromatic N) is 3. The van der Waals surface area contributed by atoms with Crippen molar-refractivity contribution in [2.45, 2.75) is 19.0 Å². The molecule has 3 heterocycles. The molecule has 4 aromatic rings. The van der Waals surface area contributed by atoms with Crippen molar-refractivity contribution in [3.05, 3.63) is 112 Å². The normalized spacial score (nSPS) is 18.1. The van der Waals surface area contributed by atoms with Crippen LogP contribution in [0.1, 0.15) is 29.0 Å². The number of rotatable bonds is 4. The van der Waals surface area contributed by atoms with E-state index in [1.807, 2.05) is 53.2 Å². The van der Waals surface area contributed by atoms with Gasteiger partial charge in [-0.15, -0.1) is 0 Å². The molecule has 2 atom stereocenters. The Morgan fingerprint density at radius 1 is 1.00 bits per heavy atom. The van der Waals surface area contributed by atoms with Gasteiger partial charge in [-0.2, -0.15) is 0 Å².